The second kappa shape index (κ2) is 9.62. The highest BCUT2D eigenvalue weighted by molar-refractivity contribution is 5.27. The minimum Gasteiger partial charge on any atom is -0.364 e. The van der Waals surface area contributed by atoms with Crippen LogP contribution in [-0.4, -0.2) is 18.9 Å². The number of halogens is 3. The molecule has 3 rings (SSSR count). The molecule has 154 valence electrons. The molecule has 0 aromatic carbocycles. The van der Waals surface area contributed by atoms with E-state index in [-0.39, 0.29) is 0 Å². The van der Waals surface area contributed by atoms with Gasteiger partial charge in [0.15, 0.2) is 0 Å². The van der Waals surface area contributed by atoms with Crippen molar-refractivity contribution in [2.45, 2.75) is 89.8 Å². The summed E-state index contributed by atoms with van der Waals surface area (Å²) in [5.41, 5.74) is 1.33. The Morgan fingerprint density at radius 3 is 2.11 bits per heavy atom. The van der Waals surface area contributed by atoms with Crippen LogP contribution >= 0.6 is 0 Å². The minimum atomic E-state index is -4.24. The molecular formula is C23H35F3O. The number of rotatable bonds is 6. The molecule has 1 nitrogen and oxygen atoms in total. The first-order valence-electron chi connectivity index (χ1n) is 11.0. The standard InChI is InChI=1S/C23H35F3O/c1-2-3-17-4-6-18(7-5-17)19-8-10-20(11-9-19)21-12-14-22(15-13-21)27-16-23(24,25)26/h12-14,17-20,22H,2-11,15-16H2,1H3/t17-,18-,19?,20?,22?. The van der Waals surface area contributed by atoms with Gasteiger partial charge in [-0.25, -0.2) is 0 Å². The van der Waals surface area contributed by atoms with E-state index in [1.807, 2.05) is 12.2 Å². The topological polar surface area (TPSA) is 9.23 Å². The van der Waals surface area contributed by atoms with Gasteiger partial charge in [-0.3, -0.25) is 0 Å². The zero-order valence-corrected chi connectivity index (χ0v) is 16.6. The molecule has 0 bridgehead atoms. The summed E-state index contributed by atoms with van der Waals surface area (Å²) in [4.78, 5) is 0. The van der Waals surface area contributed by atoms with Crippen molar-refractivity contribution in [3.8, 4) is 0 Å². The Balaban J connectivity index is 1.39. The van der Waals surface area contributed by atoms with Gasteiger partial charge in [-0.15, -0.1) is 0 Å². The van der Waals surface area contributed by atoms with Gasteiger partial charge < -0.3 is 4.74 Å². The third-order valence-electron chi connectivity index (χ3n) is 7.05. The Morgan fingerprint density at radius 2 is 1.59 bits per heavy atom. The Morgan fingerprint density at radius 1 is 0.963 bits per heavy atom. The van der Waals surface area contributed by atoms with Gasteiger partial charge in [0.1, 0.15) is 6.61 Å². The lowest BCUT2D eigenvalue weighted by Crippen LogP contribution is -2.27. The van der Waals surface area contributed by atoms with Crippen LogP contribution in [0.4, 0.5) is 13.2 Å². The van der Waals surface area contributed by atoms with Gasteiger partial charge in [0.2, 0.25) is 0 Å². The summed E-state index contributed by atoms with van der Waals surface area (Å²) >= 11 is 0. The van der Waals surface area contributed by atoms with Gasteiger partial charge in [-0.2, -0.15) is 13.2 Å². The van der Waals surface area contributed by atoms with Crippen molar-refractivity contribution >= 4 is 0 Å². The molecule has 1 unspecified atom stereocenters. The molecule has 0 N–H and O–H groups in total. The van der Waals surface area contributed by atoms with Gasteiger partial charge in [-0.1, -0.05) is 50.8 Å². The van der Waals surface area contributed by atoms with Crippen LogP contribution in [0.2, 0.25) is 0 Å². The van der Waals surface area contributed by atoms with Crippen LogP contribution < -0.4 is 0 Å². The lowest BCUT2D eigenvalue weighted by atomic mass is 9.67. The minimum absolute atomic E-state index is 0.426. The molecule has 1 atom stereocenters. The van der Waals surface area contributed by atoms with Crippen molar-refractivity contribution in [1.29, 1.82) is 0 Å². The molecule has 0 aromatic heterocycles. The molecule has 4 heteroatoms. The summed E-state index contributed by atoms with van der Waals surface area (Å²) in [5, 5.41) is 0. The van der Waals surface area contributed by atoms with Crippen LogP contribution in [0, 0.1) is 23.7 Å². The smallest absolute Gasteiger partial charge is 0.364 e. The van der Waals surface area contributed by atoms with E-state index in [0.29, 0.717) is 12.3 Å². The third-order valence-corrected chi connectivity index (χ3v) is 7.05. The Hall–Kier alpha value is -0.770. The van der Waals surface area contributed by atoms with Crippen LogP contribution in [-0.2, 0) is 4.74 Å². The van der Waals surface area contributed by atoms with Gasteiger partial charge in [0, 0.05) is 0 Å². The predicted octanol–water partition coefficient (Wildman–Crippen LogP) is 7.23. The van der Waals surface area contributed by atoms with E-state index in [9.17, 15) is 13.2 Å². The maximum atomic E-state index is 12.3. The van der Waals surface area contributed by atoms with E-state index in [1.165, 1.54) is 69.8 Å². The van der Waals surface area contributed by atoms with Crippen LogP contribution in [0.1, 0.15) is 77.6 Å². The number of hydrogen-bond acceptors (Lipinski definition) is 1. The summed E-state index contributed by atoms with van der Waals surface area (Å²) in [5.74, 6) is 3.42. The van der Waals surface area contributed by atoms with E-state index in [1.54, 1.807) is 0 Å². The van der Waals surface area contributed by atoms with Gasteiger partial charge in [-0.05, 0) is 74.2 Å². The number of ether oxygens (including phenoxy) is 1. The van der Waals surface area contributed by atoms with Gasteiger partial charge in [0.25, 0.3) is 0 Å². The van der Waals surface area contributed by atoms with Crippen molar-refractivity contribution in [2.75, 3.05) is 6.61 Å². The molecule has 2 fully saturated rings. The van der Waals surface area contributed by atoms with E-state index in [4.69, 9.17) is 4.74 Å². The summed E-state index contributed by atoms with van der Waals surface area (Å²) in [6.07, 6.45) is 15.5. The number of allylic oxidation sites excluding steroid dienone is 2. The normalized spacial score (nSPS) is 35.1. The molecule has 2 saturated carbocycles. The molecule has 0 aromatic rings. The van der Waals surface area contributed by atoms with Gasteiger partial charge in [0.05, 0.1) is 6.10 Å². The van der Waals surface area contributed by atoms with Crippen molar-refractivity contribution in [2.24, 2.45) is 23.7 Å². The summed E-state index contributed by atoms with van der Waals surface area (Å²) in [6, 6.07) is 0. The maximum absolute atomic E-state index is 12.3. The van der Waals surface area contributed by atoms with E-state index >= 15 is 0 Å². The number of hydrogen-bond donors (Lipinski definition) is 0. The predicted molar refractivity (Wildman–Crippen MR) is 103 cm³/mol. The summed E-state index contributed by atoms with van der Waals surface area (Å²) < 4.78 is 41.7. The van der Waals surface area contributed by atoms with E-state index in [2.05, 4.69) is 13.0 Å². The summed E-state index contributed by atoms with van der Waals surface area (Å²) in [7, 11) is 0. The average molecular weight is 385 g/mol. The molecule has 27 heavy (non-hydrogen) atoms. The zero-order valence-electron chi connectivity index (χ0n) is 16.6. The van der Waals surface area contributed by atoms with E-state index < -0.39 is 18.9 Å². The second-order valence-electron chi connectivity index (χ2n) is 8.94. The highest BCUT2D eigenvalue weighted by Crippen LogP contribution is 2.44. The third kappa shape index (κ3) is 6.37. The maximum Gasteiger partial charge on any atom is 0.411 e. The molecule has 3 aliphatic rings. The van der Waals surface area contributed by atoms with Crippen LogP contribution in [0.15, 0.2) is 23.8 Å². The highest BCUT2D eigenvalue weighted by Gasteiger charge is 2.32. The monoisotopic (exact) mass is 384 g/mol. The van der Waals surface area contributed by atoms with Crippen LogP contribution in [0.25, 0.3) is 0 Å². The molecule has 0 spiro atoms. The summed E-state index contributed by atoms with van der Waals surface area (Å²) in [6.45, 7) is 1.14. The molecule has 3 aliphatic carbocycles. The molecule has 0 radical (unpaired) electrons. The fourth-order valence-corrected chi connectivity index (χ4v) is 5.53. The largest absolute Gasteiger partial charge is 0.411 e. The van der Waals surface area contributed by atoms with Crippen molar-refractivity contribution in [3.05, 3.63) is 23.8 Å². The van der Waals surface area contributed by atoms with Crippen LogP contribution in [0.5, 0.6) is 0 Å². The van der Waals surface area contributed by atoms with Crippen LogP contribution in [0.3, 0.4) is 0 Å². The highest BCUT2D eigenvalue weighted by atomic mass is 19.4. The fraction of sp³-hybridized carbons (Fsp3) is 0.826. The molecular weight excluding hydrogens is 349 g/mol. The number of alkyl halides is 3. The molecule has 0 heterocycles. The fourth-order valence-electron chi connectivity index (χ4n) is 5.53. The zero-order chi connectivity index (χ0) is 19.3. The molecule has 0 saturated heterocycles. The Labute approximate surface area is 162 Å². The van der Waals surface area contributed by atoms with Crippen molar-refractivity contribution < 1.29 is 17.9 Å². The quantitative estimate of drug-likeness (QED) is 0.469. The Bertz CT molecular complexity index is 506. The molecule has 0 aliphatic heterocycles. The average Bonchev–Trinajstić information content (AvgIpc) is 2.67. The van der Waals surface area contributed by atoms with Crippen molar-refractivity contribution in [1.82, 2.24) is 0 Å². The lowest BCUT2D eigenvalue weighted by molar-refractivity contribution is -0.180. The first kappa shape index (κ1) is 21.0. The first-order valence-corrected chi connectivity index (χ1v) is 11.0. The second-order valence-corrected chi connectivity index (χ2v) is 8.94. The molecule has 0 amide bonds. The van der Waals surface area contributed by atoms with Crippen molar-refractivity contribution in [3.63, 3.8) is 0 Å². The Kier molecular flexibility index (Phi) is 7.47. The van der Waals surface area contributed by atoms with Gasteiger partial charge >= 0.3 is 6.18 Å². The SMILES string of the molecule is CCC[C@H]1CC[C@H](C2CCC(C3=CCC(OCC(F)(F)F)C=C3)CC2)CC1. The first-order chi connectivity index (χ1) is 12.9. The lowest BCUT2D eigenvalue weighted by Gasteiger charge is -2.38. The van der Waals surface area contributed by atoms with E-state index in [0.717, 1.165) is 17.8 Å².